The van der Waals surface area contributed by atoms with Gasteiger partial charge in [0.05, 0.1) is 0 Å². The minimum atomic E-state index is 0.0833. The zero-order chi connectivity index (χ0) is 10.6. The Labute approximate surface area is 85.5 Å². The molecule has 74 valence electrons. The number of carbonyl (C=O) groups is 1. The third kappa shape index (κ3) is 3.17. The normalized spacial score (nSPS) is 11.1. The molecule has 0 unspecified atom stereocenters. The maximum Gasteiger partial charge on any atom is 0.152 e. The van der Waals surface area contributed by atoms with Gasteiger partial charge in [0.15, 0.2) is 5.78 Å². The second-order valence-corrected chi connectivity index (χ2v) is 3.77. The molecule has 14 heavy (non-hydrogen) atoms. The quantitative estimate of drug-likeness (QED) is 0.664. The molecule has 1 aromatic rings. The Morgan fingerprint density at radius 2 is 2.07 bits per heavy atom. The zero-order valence-corrected chi connectivity index (χ0v) is 8.95. The van der Waals surface area contributed by atoms with Gasteiger partial charge in [0.25, 0.3) is 0 Å². The molecule has 1 nitrogen and oxygen atoms in total. The number of ketones is 1. The molecule has 0 aliphatic carbocycles. The van der Waals surface area contributed by atoms with Crippen LogP contribution in [0.2, 0.25) is 0 Å². The minimum Gasteiger partial charge on any atom is -0.295 e. The van der Waals surface area contributed by atoms with Gasteiger partial charge in [0, 0.05) is 0 Å². The zero-order valence-electron chi connectivity index (χ0n) is 8.95. The second kappa shape index (κ2) is 4.75. The van der Waals surface area contributed by atoms with Crippen molar-refractivity contribution >= 4 is 11.9 Å². The van der Waals surface area contributed by atoms with Gasteiger partial charge in [-0.2, -0.15) is 0 Å². The highest BCUT2D eigenvalue weighted by molar-refractivity contribution is 5.91. The van der Waals surface area contributed by atoms with Crippen molar-refractivity contribution in [3.05, 3.63) is 41.5 Å². The van der Waals surface area contributed by atoms with Crippen molar-refractivity contribution in [2.45, 2.75) is 26.7 Å². The summed E-state index contributed by atoms with van der Waals surface area (Å²) >= 11 is 0. The molecule has 0 amide bonds. The molecule has 0 atom stereocenters. The van der Waals surface area contributed by atoms with Gasteiger partial charge in [0.1, 0.15) is 0 Å². The minimum absolute atomic E-state index is 0.0833. The first-order valence-corrected chi connectivity index (χ1v) is 4.88. The Morgan fingerprint density at radius 3 is 2.64 bits per heavy atom. The summed E-state index contributed by atoms with van der Waals surface area (Å²) in [4.78, 5) is 10.7. The van der Waals surface area contributed by atoms with Crippen LogP contribution < -0.4 is 0 Å². The molecule has 0 heterocycles. The van der Waals surface area contributed by atoms with Crippen LogP contribution in [0.15, 0.2) is 30.3 Å². The highest BCUT2D eigenvalue weighted by atomic mass is 16.1. The van der Waals surface area contributed by atoms with E-state index in [0.717, 1.165) is 5.56 Å². The van der Waals surface area contributed by atoms with Crippen LogP contribution in [-0.4, -0.2) is 5.78 Å². The fourth-order valence-electron chi connectivity index (χ4n) is 1.24. The first-order chi connectivity index (χ1) is 6.59. The van der Waals surface area contributed by atoms with Gasteiger partial charge < -0.3 is 0 Å². The van der Waals surface area contributed by atoms with E-state index < -0.39 is 0 Å². The summed E-state index contributed by atoms with van der Waals surface area (Å²) in [5.41, 5.74) is 2.39. The van der Waals surface area contributed by atoms with E-state index in [2.05, 4.69) is 26.0 Å². The monoisotopic (exact) mass is 188 g/mol. The van der Waals surface area contributed by atoms with E-state index in [4.69, 9.17) is 0 Å². The molecule has 0 spiro atoms. The Kier molecular flexibility index (Phi) is 3.63. The van der Waals surface area contributed by atoms with E-state index in [9.17, 15) is 4.79 Å². The lowest BCUT2D eigenvalue weighted by atomic mass is 10.0. The molecule has 0 N–H and O–H groups in total. The lowest BCUT2D eigenvalue weighted by molar-refractivity contribution is -0.112. The summed E-state index contributed by atoms with van der Waals surface area (Å²) in [5, 5.41) is 0. The maximum absolute atomic E-state index is 10.7. The van der Waals surface area contributed by atoms with Crippen molar-refractivity contribution in [3.63, 3.8) is 0 Å². The summed E-state index contributed by atoms with van der Waals surface area (Å²) in [7, 11) is 0. The molecule has 0 saturated carbocycles. The SMILES string of the molecule is CC(=O)/C=C/c1cccc(C(C)C)c1. The van der Waals surface area contributed by atoms with Gasteiger partial charge in [-0.05, 0) is 30.0 Å². The van der Waals surface area contributed by atoms with E-state index in [0.29, 0.717) is 5.92 Å². The summed E-state index contributed by atoms with van der Waals surface area (Å²) in [6.07, 6.45) is 3.45. The van der Waals surface area contributed by atoms with Crippen LogP contribution in [0, 0.1) is 0 Å². The molecule has 0 fully saturated rings. The average Bonchev–Trinajstić information content (AvgIpc) is 2.15. The predicted octanol–water partition coefficient (Wildman–Crippen LogP) is 3.41. The molecule has 1 heteroatoms. The fraction of sp³-hybridized carbons (Fsp3) is 0.308. The Balaban J connectivity index is 2.89. The summed E-state index contributed by atoms with van der Waals surface area (Å²) < 4.78 is 0. The first kappa shape index (κ1) is 10.7. The number of benzene rings is 1. The van der Waals surface area contributed by atoms with Crippen LogP contribution in [-0.2, 0) is 4.79 Å². The maximum atomic E-state index is 10.7. The van der Waals surface area contributed by atoms with Crippen molar-refractivity contribution < 1.29 is 4.79 Å². The number of carbonyl (C=O) groups excluding carboxylic acids is 1. The Bertz CT molecular complexity index is 348. The third-order valence-electron chi connectivity index (χ3n) is 2.09. The number of hydrogen-bond acceptors (Lipinski definition) is 1. The van der Waals surface area contributed by atoms with Crippen molar-refractivity contribution in [2.75, 3.05) is 0 Å². The number of allylic oxidation sites excluding steroid dienone is 1. The average molecular weight is 188 g/mol. The largest absolute Gasteiger partial charge is 0.295 e. The number of hydrogen-bond donors (Lipinski definition) is 0. The summed E-state index contributed by atoms with van der Waals surface area (Å²) in [6, 6.07) is 8.25. The lowest BCUT2D eigenvalue weighted by Gasteiger charge is -2.05. The molecule has 0 aliphatic heterocycles. The lowest BCUT2D eigenvalue weighted by Crippen LogP contribution is -1.87. The van der Waals surface area contributed by atoms with Crippen molar-refractivity contribution in [1.29, 1.82) is 0 Å². The smallest absolute Gasteiger partial charge is 0.152 e. The third-order valence-corrected chi connectivity index (χ3v) is 2.09. The van der Waals surface area contributed by atoms with Crippen LogP contribution in [0.1, 0.15) is 37.8 Å². The molecular weight excluding hydrogens is 172 g/mol. The fourth-order valence-corrected chi connectivity index (χ4v) is 1.24. The van der Waals surface area contributed by atoms with Crippen LogP contribution in [0.25, 0.3) is 6.08 Å². The summed E-state index contributed by atoms with van der Waals surface area (Å²) in [6.45, 7) is 5.88. The topological polar surface area (TPSA) is 17.1 Å². The molecule has 0 aliphatic rings. The van der Waals surface area contributed by atoms with Crippen LogP contribution in [0.5, 0.6) is 0 Å². The summed E-state index contributed by atoms with van der Waals surface area (Å²) in [5.74, 6) is 0.612. The second-order valence-electron chi connectivity index (χ2n) is 3.77. The van der Waals surface area contributed by atoms with Gasteiger partial charge in [-0.3, -0.25) is 4.79 Å². The van der Waals surface area contributed by atoms with Crippen LogP contribution in [0.3, 0.4) is 0 Å². The van der Waals surface area contributed by atoms with Crippen LogP contribution in [0.4, 0.5) is 0 Å². The van der Waals surface area contributed by atoms with Crippen molar-refractivity contribution in [2.24, 2.45) is 0 Å². The highest BCUT2D eigenvalue weighted by Crippen LogP contribution is 2.16. The molecule has 0 saturated heterocycles. The van der Waals surface area contributed by atoms with Gasteiger partial charge in [0.2, 0.25) is 0 Å². The number of rotatable bonds is 3. The van der Waals surface area contributed by atoms with E-state index in [1.54, 1.807) is 13.0 Å². The standard InChI is InChI=1S/C13H16O/c1-10(2)13-6-4-5-12(9-13)8-7-11(3)14/h4-10H,1-3H3/b8-7+. The van der Waals surface area contributed by atoms with Gasteiger partial charge in [-0.15, -0.1) is 0 Å². The molecule has 1 aromatic carbocycles. The highest BCUT2D eigenvalue weighted by Gasteiger charge is 1.98. The van der Waals surface area contributed by atoms with E-state index in [-0.39, 0.29) is 5.78 Å². The van der Waals surface area contributed by atoms with Gasteiger partial charge >= 0.3 is 0 Å². The van der Waals surface area contributed by atoms with Gasteiger partial charge in [-0.1, -0.05) is 44.2 Å². The van der Waals surface area contributed by atoms with E-state index >= 15 is 0 Å². The van der Waals surface area contributed by atoms with Crippen molar-refractivity contribution in [3.8, 4) is 0 Å². The van der Waals surface area contributed by atoms with Crippen molar-refractivity contribution in [1.82, 2.24) is 0 Å². The molecule has 0 aromatic heterocycles. The predicted molar refractivity (Wildman–Crippen MR) is 60.2 cm³/mol. The Hall–Kier alpha value is -1.37. The molecule has 1 rings (SSSR count). The van der Waals surface area contributed by atoms with E-state index in [1.807, 2.05) is 18.2 Å². The van der Waals surface area contributed by atoms with Gasteiger partial charge in [-0.25, -0.2) is 0 Å². The molecule has 0 bridgehead atoms. The first-order valence-electron chi connectivity index (χ1n) is 4.88. The van der Waals surface area contributed by atoms with E-state index in [1.165, 1.54) is 5.56 Å². The van der Waals surface area contributed by atoms with Crippen LogP contribution >= 0.6 is 0 Å². The Morgan fingerprint density at radius 1 is 1.36 bits per heavy atom. The molecule has 0 radical (unpaired) electrons. The molecular formula is C13H16O.